The summed E-state index contributed by atoms with van der Waals surface area (Å²) in [6, 6.07) is 7.64. The average molecular weight is 292 g/mol. The monoisotopic (exact) mass is 292 g/mol. The van der Waals surface area contributed by atoms with Gasteiger partial charge in [-0.2, -0.15) is 4.39 Å². The number of nitrogens with two attached hydrogens (primary N) is 1. The summed E-state index contributed by atoms with van der Waals surface area (Å²) in [6.45, 7) is 0. The Morgan fingerprint density at radius 1 is 1.00 bits per heavy atom. The Kier molecular flexibility index (Phi) is 3.65. The van der Waals surface area contributed by atoms with Crippen molar-refractivity contribution in [3.05, 3.63) is 62.4 Å². The summed E-state index contributed by atoms with van der Waals surface area (Å²) >= 11 is 0. The minimum Gasteiger partial charge on any atom is -0.397 e. The predicted octanol–water partition coefficient (Wildman–Crippen LogP) is 2.97. The molecular weight excluding hydrogens is 283 g/mol. The van der Waals surface area contributed by atoms with Crippen molar-refractivity contribution in [3.63, 3.8) is 0 Å². The maximum absolute atomic E-state index is 13.6. The molecule has 0 heterocycles. The van der Waals surface area contributed by atoms with Crippen LogP contribution in [0.3, 0.4) is 0 Å². The number of benzene rings is 2. The zero-order chi connectivity index (χ0) is 15.6. The number of nitrogens with one attached hydrogen (secondary N) is 1. The molecule has 0 radical (unpaired) electrons. The van der Waals surface area contributed by atoms with E-state index in [0.29, 0.717) is 23.5 Å². The molecule has 108 valence electrons. The van der Waals surface area contributed by atoms with E-state index in [2.05, 4.69) is 5.32 Å². The molecule has 8 nitrogen and oxygen atoms in total. The highest BCUT2D eigenvalue weighted by atomic mass is 19.1. The summed E-state index contributed by atoms with van der Waals surface area (Å²) in [6.07, 6.45) is 0. The zero-order valence-corrected chi connectivity index (χ0v) is 10.4. The van der Waals surface area contributed by atoms with Crippen LogP contribution in [0.2, 0.25) is 0 Å². The van der Waals surface area contributed by atoms with Crippen LogP contribution in [-0.2, 0) is 0 Å². The van der Waals surface area contributed by atoms with Gasteiger partial charge in [0.25, 0.3) is 5.69 Å². The molecular formula is C12H9FN4O4. The minimum atomic E-state index is -1.18. The SMILES string of the molecule is Nc1ccccc1Nc1cc(F)c([N+](=O)[O-])cc1[N+](=O)[O-]. The third kappa shape index (κ3) is 2.86. The quantitative estimate of drug-likeness (QED) is 0.507. The van der Waals surface area contributed by atoms with Gasteiger partial charge in [0.15, 0.2) is 0 Å². The predicted molar refractivity (Wildman–Crippen MR) is 73.8 cm³/mol. The second-order valence-electron chi connectivity index (χ2n) is 4.05. The minimum absolute atomic E-state index is 0.221. The maximum Gasteiger partial charge on any atom is 0.311 e. The highest BCUT2D eigenvalue weighted by Crippen LogP contribution is 2.34. The van der Waals surface area contributed by atoms with Gasteiger partial charge in [-0.1, -0.05) is 12.1 Å². The van der Waals surface area contributed by atoms with E-state index in [1.807, 2.05) is 0 Å². The summed E-state index contributed by atoms with van der Waals surface area (Å²) < 4.78 is 13.6. The van der Waals surface area contributed by atoms with Crippen LogP contribution in [-0.4, -0.2) is 9.85 Å². The molecule has 3 N–H and O–H groups in total. The summed E-state index contributed by atoms with van der Waals surface area (Å²) in [4.78, 5) is 19.7. The van der Waals surface area contributed by atoms with E-state index in [1.165, 1.54) is 0 Å². The second-order valence-corrected chi connectivity index (χ2v) is 4.05. The Balaban J connectivity index is 2.53. The van der Waals surface area contributed by atoms with Crippen molar-refractivity contribution in [1.29, 1.82) is 0 Å². The van der Waals surface area contributed by atoms with Crippen LogP contribution in [0.15, 0.2) is 36.4 Å². The van der Waals surface area contributed by atoms with Crippen molar-refractivity contribution < 1.29 is 14.2 Å². The highest BCUT2D eigenvalue weighted by Gasteiger charge is 2.25. The van der Waals surface area contributed by atoms with Gasteiger partial charge >= 0.3 is 5.69 Å². The van der Waals surface area contributed by atoms with Gasteiger partial charge in [-0.3, -0.25) is 20.2 Å². The van der Waals surface area contributed by atoms with Crippen LogP contribution >= 0.6 is 0 Å². The maximum atomic E-state index is 13.6. The fourth-order valence-electron chi connectivity index (χ4n) is 1.70. The van der Waals surface area contributed by atoms with Crippen LogP contribution in [0.25, 0.3) is 0 Å². The number of nitrogens with zero attached hydrogens (tertiary/aromatic N) is 2. The van der Waals surface area contributed by atoms with Crippen molar-refractivity contribution in [2.75, 3.05) is 11.1 Å². The molecule has 0 unspecified atom stereocenters. The van der Waals surface area contributed by atoms with Gasteiger partial charge in [0.1, 0.15) is 5.69 Å². The first-order valence-electron chi connectivity index (χ1n) is 5.64. The first kappa shape index (κ1) is 14.2. The number of halogens is 1. The molecule has 0 aliphatic rings. The normalized spacial score (nSPS) is 10.1. The number of rotatable bonds is 4. The first-order chi connectivity index (χ1) is 9.90. The molecule has 0 saturated heterocycles. The van der Waals surface area contributed by atoms with E-state index in [9.17, 15) is 24.6 Å². The van der Waals surface area contributed by atoms with Gasteiger partial charge in [0.05, 0.1) is 27.3 Å². The molecule has 0 bridgehead atoms. The van der Waals surface area contributed by atoms with E-state index in [0.717, 1.165) is 0 Å². The molecule has 0 fully saturated rings. The Morgan fingerprint density at radius 2 is 1.62 bits per heavy atom. The fraction of sp³-hybridized carbons (Fsp3) is 0. The van der Waals surface area contributed by atoms with Crippen LogP contribution in [0, 0.1) is 26.0 Å². The van der Waals surface area contributed by atoms with E-state index in [4.69, 9.17) is 5.73 Å². The van der Waals surface area contributed by atoms with Crippen molar-refractivity contribution >= 4 is 28.4 Å². The topological polar surface area (TPSA) is 124 Å². The van der Waals surface area contributed by atoms with Gasteiger partial charge < -0.3 is 11.1 Å². The first-order valence-corrected chi connectivity index (χ1v) is 5.64. The lowest BCUT2D eigenvalue weighted by atomic mass is 10.2. The molecule has 0 amide bonds. The number of hydrogen-bond acceptors (Lipinski definition) is 6. The molecule has 2 rings (SSSR count). The lowest BCUT2D eigenvalue weighted by molar-refractivity contribution is -0.395. The number of nitro groups is 2. The molecule has 21 heavy (non-hydrogen) atoms. The van der Waals surface area contributed by atoms with Crippen molar-refractivity contribution in [2.45, 2.75) is 0 Å². The third-order valence-corrected chi connectivity index (χ3v) is 2.69. The Morgan fingerprint density at radius 3 is 2.19 bits per heavy atom. The van der Waals surface area contributed by atoms with Gasteiger partial charge in [-0.15, -0.1) is 0 Å². The smallest absolute Gasteiger partial charge is 0.311 e. The van der Waals surface area contributed by atoms with Gasteiger partial charge in [0, 0.05) is 6.07 Å². The molecule has 9 heteroatoms. The largest absolute Gasteiger partial charge is 0.397 e. The Hall–Kier alpha value is -3.23. The van der Waals surface area contributed by atoms with Crippen molar-refractivity contribution in [2.24, 2.45) is 0 Å². The summed E-state index contributed by atoms with van der Waals surface area (Å²) in [7, 11) is 0. The van der Waals surface area contributed by atoms with E-state index < -0.39 is 27.0 Å². The third-order valence-electron chi connectivity index (χ3n) is 2.69. The Bertz CT molecular complexity index is 735. The fourth-order valence-corrected chi connectivity index (χ4v) is 1.70. The van der Waals surface area contributed by atoms with Gasteiger partial charge in [-0.25, -0.2) is 0 Å². The van der Waals surface area contributed by atoms with Crippen LogP contribution in [0.4, 0.5) is 32.8 Å². The van der Waals surface area contributed by atoms with Crippen LogP contribution in [0.5, 0.6) is 0 Å². The number of nitro benzene ring substituents is 2. The van der Waals surface area contributed by atoms with E-state index in [1.54, 1.807) is 24.3 Å². The zero-order valence-electron chi connectivity index (χ0n) is 10.4. The van der Waals surface area contributed by atoms with Crippen LogP contribution in [0.1, 0.15) is 0 Å². The van der Waals surface area contributed by atoms with E-state index in [-0.39, 0.29) is 5.69 Å². The second kappa shape index (κ2) is 5.41. The summed E-state index contributed by atoms with van der Waals surface area (Å²) in [5, 5.41) is 24.2. The average Bonchev–Trinajstić information content (AvgIpc) is 2.40. The molecule has 0 aromatic heterocycles. The molecule has 0 atom stereocenters. The van der Waals surface area contributed by atoms with Gasteiger partial charge in [0.2, 0.25) is 5.82 Å². The summed E-state index contributed by atoms with van der Waals surface area (Å²) in [5.41, 5.74) is 4.50. The number of anilines is 3. The molecule has 0 saturated carbocycles. The molecule has 0 spiro atoms. The molecule has 0 aliphatic heterocycles. The molecule has 2 aromatic rings. The lowest BCUT2D eigenvalue weighted by Crippen LogP contribution is -2.02. The molecule has 0 aliphatic carbocycles. The summed E-state index contributed by atoms with van der Waals surface area (Å²) in [5.74, 6) is -1.18. The standard InChI is InChI=1S/C12H9FN4O4/c13-7-5-10(15-9-4-2-1-3-8(9)14)12(17(20)21)6-11(7)16(18)19/h1-6,15H,14H2. The van der Waals surface area contributed by atoms with Crippen molar-refractivity contribution in [3.8, 4) is 0 Å². The number of para-hydroxylation sites is 2. The van der Waals surface area contributed by atoms with Crippen LogP contribution < -0.4 is 11.1 Å². The lowest BCUT2D eigenvalue weighted by Gasteiger charge is -2.09. The van der Waals surface area contributed by atoms with Gasteiger partial charge in [-0.05, 0) is 12.1 Å². The van der Waals surface area contributed by atoms with E-state index >= 15 is 0 Å². The molecule has 2 aromatic carbocycles. The highest BCUT2D eigenvalue weighted by molar-refractivity contribution is 5.77. The number of hydrogen-bond donors (Lipinski definition) is 2. The number of nitrogen functional groups attached to an aromatic ring is 1. The van der Waals surface area contributed by atoms with Crippen molar-refractivity contribution in [1.82, 2.24) is 0 Å². The Labute approximate surface area is 117 Å².